The topological polar surface area (TPSA) is 77.9 Å². The molecule has 158 valence electrons. The fourth-order valence-electron chi connectivity index (χ4n) is 2.95. The quantitative estimate of drug-likeness (QED) is 0.607. The summed E-state index contributed by atoms with van der Waals surface area (Å²) in [6.45, 7) is 0. The molecule has 1 aliphatic heterocycles. The van der Waals surface area contributed by atoms with E-state index in [2.05, 4.69) is 15.3 Å². The SMILES string of the molecule is O=C(Nc1ccc(Cl)cn1)c1ccc(N(C(=O)c2ccccc2)N2C=CC=CN=C2)cc1. The van der Waals surface area contributed by atoms with Gasteiger partial charge in [0.15, 0.2) is 0 Å². The summed E-state index contributed by atoms with van der Waals surface area (Å²) in [7, 11) is 0. The number of hydrogen-bond acceptors (Lipinski definition) is 5. The van der Waals surface area contributed by atoms with Crippen LogP contribution in [0.25, 0.3) is 0 Å². The highest BCUT2D eigenvalue weighted by molar-refractivity contribution is 6.30. The molecule has 2 amide bonds. The van der Waals surface area contributed by atoms with Gasteiger partial charge in [0.25, 0.3) is 11.8 Å². The Morgan fingerprint density at radius 1 is 0.906 bits per heavy atom. The third kappa shape index (κ3) is 4.91. The number of pyridine rings is 1. The Morgan fingerprint density at radius 3 is 2.41 bits per heavy atom. The number of nitrogens with zero attached hydrogens (tertiary/aromatic N) is 4. The van der Waals surface area contributed by atoms with E-state index in [0.29, 0.717) is 27.7 Å². The molecule has 0 bridgehead atoms. The van der Waals surface area contributed by atoms with Gasteiger partial charge in [-0.25, -0.2) is 20.0 Å². The number of benzene rings is 2. The molecule has 4 rings (SSSR count). The van der Waals surface area contributed by atoms with Crippen LogP contribution < -0.4 is 10.3 Å². The van der Waals surface area contributed by atoms with E-state index in [1.807, 2.05) is 6.07 Å². The molecular formula is C24H18ClN5O2. The monoisotopic (exact) mass is 443 g/mol. The molecule has 0 unspecified atom stereocenters. The predicted octanol–water partition coefficient (Wildman–Crippen LogP) is 4.92. The Hall–Kier alpha value is -4.23. The zero-order valence-electron chi connectivity index (χ0n) is 16.8. The summed E-state index contributed by atoms with van der Waals surface area (Å²) in [5, 5.41) is 6.26. The molecule has 0 saturated carbocycles. The minimum Gasteiger partial charge on any atom is -0.307 e. The molecular weight excluding hydrogens is 426 g/mol. The Labute approximate surface area is 189 Å². The second-order valence-electron chi connectivity index (χ2n) is 6.67. The van der Waals surface area contributed by atoms with Crippen LogP contribution in [0.4, 0.5) is 11.5 Å². The highest BCUT2D eigenvalue weighted by Gasteiger charge is 2.22. The molecule has 3 aromatic rings. The number of allylic oxidation sites excluding steroid dienone is 2. The van der Waals surface area contributed by atoms with Crippen molar-refractivity contribution in [1.82, 2.24) is 9.99 Å². The van der Waals surface area contributed by atoms with E-state index >= 15 is 0 Å². The van der Waals surface area contributed by atoms with Crippen molar-refractivity contribution < 1.29 is 9.59 Å². The van der Waals surface area contributed by atoms with Gasteiger partial charge in [-0.3, -0.25) is 9.59 Å². The smallest absolute Gasteiger partial charge is 0.277 e. The molecule has 0 fully saturated rings. The number of anilines is 2. The van der Waals surface area contributed by atoms with Crippen LogP contribution in [0.1, 0.15) is 20.7 Å². The first-order valence-electron chi connectivity index (χ1n) is 9.69. The summed E-state index contributed by atoms with van der Waals surface area (Å²) in [6, 6.07) is 18.9. The van der Waals surface area contributed by atoms with Gasteiger partial charge in [0.05, 0.1) is 10.7 Å². The number of carbonyl (C=O) groups is 2. The van der Waals surface area contributed by atoms with Crippen LogP contribution in [0.15, 0.2) is 102 Å². The van der Waals surface area contributed by atoms with Crippen molar-refractivity contribution in [1.29, 1.82) is 0 Å². The second-order valence-corrected chi connectivity index (χ2v) is 7.11. The second kappa shape index (κ2) is 9.72. The van der Waals surface area contributed by atoms with Crippen LogP contribution in [-0.4, -0.2) is 28.1 Å². The number of nitrogens with one attached hydrogen (secondary N) is 1. The van der Waals surface area contributed by atoms with Crippen LogP contribution in [0.3, 0.4) is 0 Å². The number of aliphatic imine (C=N–C) groups is 1. The fourth-order valence-corrected chi connectivity index (χ4v) is 3.06. The summed E-state index contributed by atoms with van der Waals surface area (Å²) in [5.41, 5.74) is 1.50. The maximum atomic E-state index is 13.3. The molecule has 0 radical (unpaired) electrons. The first kappa shape index (κ1) is 21.0. The van der Waals surface area contributed by atoms with E-state index in [9.17, 15) is 9.59 Å². The van der Waals surface area contributed by atoms with E-state index in [1.54, 1.807) is 90.2 Å². The van der Waals surface area contributed by atoms with Crippen molar-refractivity contribution in [2.45, 2.75) is 0 Å². The number of hydrogen-bond donors (Lipinski definition) is 1. The summed E-state index contributed by atoms with van der Waals surface area (Å²) >= 11 is 5.83. The van der Waals surface area contributed by atoms with Gasteiger partial charge in [-0.15, -0.1) is 0 Å². The normalized spacial score (nSPS) is 12.3. The highest BCUT2D eigenvalue weighted by atomic mass is 35.5. The maximum Gasteiger partial charge on any atom is 0.277 e. The van der Waals surface area contributed by atoms with Crippen molar-refractivity contribution in [3.63, 3.8) is 0 Å². The molecule has 7 nitrogen and oxygen atoms in total. The average molecular weight is 444 g/mol. The predicted molar refractivity (Wildman–Crippen MR) is 126 cm³/mol. The largest absolute Gasteiger partial charge is 0.307 e. The zero-order valence-corrected chi connectivity index (χ0v) is 17.6. The first-order chi connectivity index (χ1) is 15.6. The summed E-state index contributed by atoms with van der Waals surface area (Å²) in [6.07, 6.45) is 9.88. The summed E-state index contributed by atoms with van der Waals surface area (Å²) in [4.78, 5) is 34.1. The average Bonchev–Trinajstić information content (AvgIpc) is 3.11. The highest BCUT2D eigenvalue weighted by Crippen LogP contribution is 2.22. The van der Waals surface area contributed by atoms with Gasteiger partial charge >= 0.3 is 0 Å². The number of aromatic nitrogens is 1. The molecule has 0 spiro atoms. The van der Waals surface area contributed by atoms with Gasteiger partial charge in [0.1, 0.15) is 12.2 Å². The lowest BCUT2D eigenvalue weighted by atomic mass is 10.1. The van der Waals surface area contributed by atoms with Gasteiger partial charge in [-0.1, -0.05) is 29.8 Å². The minimum atomic E-state index is -0.326. The number of carbonyl (C=O) groups excluding carboxylic acids is 2. The standard InChI is InChI=1S/C24H18ClN5O2/c25-20-10-13-22(27-16-20)28-23(31)18-8-11-21(12-9-18)30(29-15-5-4-14-26-17-29)24(32)19-6-2-1-3-7-19/h1-17H,(H,27,28,31). The molecule has 2 heterocycles. The third-order valence-electron chi connectivity index (χ3n) is 4.49. The Balaban J connectivity index is 1.60. The van der Waals surface area contributed by atoms with E-state index < -0.39 is 0 Å². The summed E-state index contributed by atoms with van der Waals surface area (Å²) < 4.78 is 0. The van der Waals surface area contributed by atoms with Crippen LogP contribution in [0.5, 0.6) is 0 Å². The molecule has 1 aromatic heterocycles. The third-order valence-corrected chi connectivity index (χ3v) is 4.72. The number of rotatable bonds is 5. The Bertz CT molecular complexity index is 1170. The minimum absolute atomic E-state index is 0.244. The Morgan fingerprint density at radius 2 is 1.69 bits per heavy atom. The molecule has 0 saturated heterocycles. The number of hydrazine groups is 1. The molecule has 8 heteroatoms. The van der Waals surface area contributed by atoms with Crippen LogP contribution in [0, 0.1) is 0 Å². The number of halogens is 1. The van der Waals surface area contributed by atoms with Gasteiger partial charge in [0.2, 0.25) is 0 Å². The number of amides is 2. The van der Waals surface area contributed by atoms with Crippen LogP contribution >= 0.6 is 11.6 Å². The molecule has 1 aliphatic rings. The van der Waals surface area contributed by atoms with E-state index in [-0.39, 0.29) is 11.8 Å². The lowest BCUT2D eigenvalue weighted by Crippen LogP contribution is -2.43. The maximum absolute atomic E-state index is 13.3. The van der Waals surface area contributed by atoms with Crippen LogP contribution in [0.2, 0.25) is 5.02 Å². The van der Waals surface area contributed by atoms with E-state index in [0.717, 1.165) is 0 Å². The van der Waals surface area contributed by atoms with Crippen molar-refractivity contribution >= 4 is 41.3 Å². The molecule has 1 N–H and O–H groups in total. The van der Waals surface area contributed by atoms with Crippen molar-refractivity contribution in [3.8, 4) is 0 Å². The molecule has 32 heavy (non-hydrogen) atoms. The molecule has 0 atom stereocenters. The Kier molecular flexibility index (Phi) is 6.38. The van der Waals surface area contributed by atoms with Crippen molar-refractivity contribution in [2.24, 2.45) is 4.99 Å². The molecule has 2 aromatic carbocycles. The first-order valence-corrected chi connectivity index (χ1v) is 10.1. The zero-order chi connectivity index (χ0) is 22.3. The van der Waals surface area contributed by atoms with E-state index in [4.69, 9.17) is 11.6 Å². The van der Waals surface area contributed by atoms with Crippen molar-refractivity contribution in [3.05, 3.63) is 114 Å². The van der Waals surface area contributed by atoms with Crippen LogP contribution in [-0.2, 0) is 0 Å². The lowest BCUT2D eigenvalue weighted by Gasteiger charge is -2.30. The van der Waals surface area contributed by atoms with Gasteiger partial charge in [0, 0.05) is 29.7 Å². The van der Waals surface area contributed by atoms with Gasteiger partial charge < -0.3 is 5.32 Å². The fraction of sp³-hybridized carbons (Fsp3) is 0. The van der Waals surface area contributed by atoms with Gasteiger partial charge in [-0.05, 0) is 60.7 Å². The van der Waals surface area contributed by atoms with Gasteiger partial charge in [-0.2, -0.15) is 0 Å². The van der Waals surface area contributed by atoms with Crippen molar-refractivity contribution in [2.75, 3.05) is 10.3 Å². The summed E-state index contributed by atoms with van der Waals surface area (Å²) in [5.74, 6) is -0.179. The molecule has 0 aliphatic carbocycles. The lowest BCUT2D eigenvalue weighted by molar-refractivity contribution is 0.0953. The van der Waals surface area contributed by atoms with E-state index in [1.165, 1.54) is 17.5 Å².